The van der Waals surface area contributed by atoms with Gasteiger partial charge in [0.15, 0.2) is 0 Å². The van der Waals surface area contributed by atoms with Crippen LogP contribution in [0.25, 0.3) is 0 Å². The summed E-state index contributed by atoms with van der Waals surface area (Å²) in [5.74, 6) is 1.44. The van der Waals surface area contributed by atoms with E-state index in [2.05, 4.69) is 4.98 Å². The molecule has 5 heteroatoms. The van der Waals surface area contributed by atoms with Gasteiger partial charge in [-0.15, -0.1) is 0 Å². The van der Waals surface area contributed by atoms with Crippen LogP contribution in [0.2, 0.25) is 0 Å². The van der Waals surface area contributed by atoms with Crippen LogP contribution >= 0.6 is 0 Å². The largest absolute Gasteiger partial charge is 0.493 e. The molecule has 2 aromatic rings. The number of aromatic nitrogens is 1. The fraction of sp³-hybridized carbons (Fsp3) is 0.478. The first-order valence-electron chi connectivity index (χ1n) is 10.1. The zero-order valence-electron chi connectivity index (χ0n) is 16.2. The summed E-state index contributed by atoms with van der Waals surface area (Å²) in [6.45, 7) is 2.48. The summed E-state index contributed by atoms with van der Waals surface area (Å²) in [5, 5.41) is 9.46. The molecule has 1 aromatic carbocycles. The number of nitrogens with zero attached hydrogens (tertiary/aromatic N) is 1. The molecule has 0 radical (unpaired) electrons. The van der Waals surface area contributed by atoms with Crippen molar-refractivity contribution in [1.29, 1.82) is 0 Å². The van der Waals surface area contributed by atoms with Crippen molar-refractivity contribution in [2.45, 2.75) is 44.6 Å². The fourth-order valence-electron chi connectivity index (χ4n) is 4.10. The highest BCUT2D eigenvalue weighted by molar-refractivity contribution is 5.71. The van der Waals surface area contributed by atoms with Gasteiger partial charge < -0.3 is 14.6 Å². The van der Waals surface area contributed by atoms with Gasteiger partial charge in [0.25, 0.3) is 0 Å². The zero-order valence-corrected chi connectivity index (χ0v) is 16.2. The van der Waals surface area contributed by atoms with E-state index in [0.29, 0.717) is 24.3 Å². The van der Waals surface area contributed by atoms with Gasteiger partial charge in [-0.1, -0.05) is 25.1 Å². The molecule has 1 heterocycles. The Morgan fingerprint density at radius 2 is 2.04 bits per heavy atom. The standard InChI is InChI=1S/C23H27NO4/c1-15(23(25)26)22(17-8-9-17)18-5-4-6-19(13-18)27-14-16-11-20(12-16)28-21-7-2-3-10-24-21/h2-7,10,13,15-17,20,22H,8-9,11-12,14H2,1H3,(H,25,26)/t15-,16?,20?,22-/m0/s1. The van der Waals surface area contributed by atoms with Crippen LogP contribution in [0.1, 0.15) is 44.1 Å². The topological polar surface area (TPSA) is 68.7 Å². The number of aliphatic carboxylic acids is 1. The molecule has 2 aliphatic rings. The monoisotopic (exact) mass is 381 g/mol. The van der Waals surface area contributed by atoms with Gasteiger partial charge in [-0.25, -0.2) is 4.98 Å². The van der Waals surface area contributed by atoms with Crippen molar-refractivity contribution in [2.24, 2.45) is 17.8 Å². The number of carbonyl (C=O) groups is 1. The molecule has 28 heavy (non-hydrogen) atoms. The Morgan fingerprint density at radius 3 is 2.71 bits per heavy atom. The van der Waals surface area contributed by atoms with Crippen LogP contribution in [0.4, 0.5) is 0 Å². The minimum Gasteiger partial charge on any atom is -0.493 e. The summed E-state index contributed by atoms with van der Waals surface area (Å²) in [6, 6.07) is 13.7. The number of carboxylic acid groups (broad SMARTS) is 1. The van der Waals surface area contributed by atoms with Crippen molar-refractivity contribution in [2.75, 3.05) is 6.61 Å². The van der Waals surface area contributed by atoms with Gasteiger partial charge in [0, 0.05) is 12.3 Å². The molecule has 0 amide bonds. The minimum absolute atomic E-state index is 0.0703. The van der Waals surface area contributed by atoms with Crippen molar-refractivity contribution in [3.05, 3.63) is 54.2 Å². The molecular formula is C23H27NO4. The van der Waals surface area contributed by atoms with E-state index in [9.17, 15) is 9.90 Å². The third-order valence-electron chi connectivity index (χ3n) is 5.90. The maximum absolute atomic E-state index is 11.5. The first-order valence-corrected chi connectivity index (χ1v) is 10.1. The van der Waals surface area contributed by atoms with E-state index in [1.807, 2.05) is 49.4 Å². The average Bonchev–Trinajstić information content (AvgIpc) is 3.49. The quantitative estimate of drug-likeness (QED) is 0.691. The van der Waals surface area contributed by atoms with E-state index in [4.69, 9.17) is 9.47 Å². The second-order valence-electron chi connectivity index (χ2n) is 8.12. The Balaban J connectivity index is 1.29. The molecular weight excluding hydrogens is 354 g/mol. The van der Waals surface area contributed by atoms with E-state index in [0.717, 1.165) is 37.0 Å². The van der Waals surface area contributed by atoms with Gasteiger partial charge in [0.05, 0.1) is 12.5 Å². The lowest BCUT2D eigenvalue weighted by molar-refractivity contribution is -0.142. The highest BCUT2D eigenvalue weighted by Gasteiger charge is 2.38. The van der Waals surface area contributed by atoms with Crippen molar-refractivity contribution in [1.82, 2.24) is 4.98 Å². The molecule has 148 valence electrons. The zero-order chi connectivity index (χ0) is 19.5. The first kappa shape index (κ1) is 18.8. The Morgan fingerprint density at radius 1 is 1.21 bits per heavy atom. The van der Waals surface area contributed by atoms with Crippen LogP contribution in [0.3, 0.4) is 0 Å². The lowest BCUT2D eigenvalue weighted by Crippen LogP contribution is -2.37. The van der Waals surface area contributed by atoms with E-state index in [-0.39, 0.29) is 17.9 Å². The van der Waals surface area contributed by atoms with Gasteiger partial charge in [0.1, 0.15) is 11.9 Å². The summed E-state index contributed by atoms with van der Waals surface area (Å²) < 4.78 is 11.9. The van der Waals surface area contributed by atoms with Gasteiger partial charge in [-0.05, 0) is 67.2 Å². The predicted octanol–water partition coefficient (Wildman–Crippen LogP) is 4.53. The maximum atomic E-state index is 11.5. The highest BCUT2D eigenvalue weighted by atomic mass is 16.5. The predicted molar refractivity (Wildman–Crippen MR) is 106 cm³/mol. The van der Waals surface area contributed by atoms with Gasteiger partial charge in [-0.3, -0.25) is 4.79 Å². The number of hydrogen-bond donors (Lipinski definition) is 1. The Kier molecular flexibility index (Phi) is 5.51. The third kappa shape index (κ3) is 4.46. The SMILES string of the molecule is C[C@H](C(=O)O)[C@H](c1cccc(OCC2CC(Oc3ccccn3)C2)c1)C1CC1. The van der Waals surface area contributed by atoms with Crippen LogP contribution in [-0.2, 0) is 4.79 Å². The smallest absolute Gasteiger partial charge is 0.306 e. The average molecular weight is 381 g/mol. The molecule has 4 rings (SSSR count). The molecule has 0 bridgehead atoms. The highest BCUT2D eigenvalue weighted by Crippen LogP contribution is 2.47. The summed E-state index contributed by atoms with van der Waals surface area (Å²) in [6.07, 6.45) is 6.13. The molecule has 2 saturated carbocycles. The third-order valence-corrected chi connectivity index (χ3v) is 5.90. The van der Waals surface area contributed by atoms with Gasteiger partial charge in [0.2, 0.25) is 5.88 Å². The van der Waals surface area contributed by atoms with Crippen LogP contribution in [-0.4, -0.2) is 28.8 Å². The fourth-order valence-corrected chi connectivity index (χ4v) is 4.10. The van der Waals surface area contributed by atoms with Crippen LogP contribution in [0.5, 0.6) is 11.6 Å². The van der Waals surface area contributed by atoms with E-state index >= 15 is 0 Å². The van der Waals surface area contributed by atoms with Crippen molar-refractivity contribution < 1.29 is 19.4 Å². The van der Waals surface area contributed by atoms with E-state index in [1.54, 1.807) is 6.20 Å². The van der Waals surface area contributed by atoms with Crippen molar-refractivity contribution in [3.8, 4) is 11.6 Å². The Hall–Kier alpha value is -2.56. The van der Waals surface area contributed by atoms with E-state index in [1.165, 1.54) is 0 Å². The first-order chi connectivity index (χ1) is 13.6. The molecule has 2 aliphatic carbocycles. The number of ether oxygens (including phenoxy) is 2. The molecule has 1 aromatic heterocycles. The van der Waals surface area contributed by atoms with Crippen molar-refractivity contribution in [3.63, 3.8) is 0 Å². The van der Waals surface area contributed by atoms with Crippen molar-refractivity contribution >= 4 is 5.97 Å². The number of pyridine rings is 1. The molecule has 0 spiro atoms. The Labute approximate surface area is 165 Å². The summed E-state index contributed by atoms with van der Waals surface area (Å²) >= 11 is 0. The maximum Gasteiger partial charge on any atom is 0.306 e. The lowest BCUT2D eigenvalue weighted by Gasteiger charge is -2.34. The van der Waals surface area contributed by atoms with Crippen LogP contribution in [0, 0.1) is 17.8 Å². The van der Waals surface area contributed by atoms with E-state index < -0.39 is 5.97 Å². The number of benzene rings is 1. The molecule has 0 saturated heterocycles. The molecule has 2 fully saturated rings. The molecule has 0 unspecified atom stereocenters. The number of rotatable bonds is 9. The molecule has 0 aliphatic heterocycles. The van der Waals surface area contributed by atoms with Gasteiger partial charge >= 0.3 is 5.97 Å². The second-order valence-corrected chi connectivity index (χ2v) is 8.12. The van der Waals surface area contributed by atoms with Crippen LogP contribution < -0.4 is 9.47 Å². The number of hydrogen-bond acceptors (Lipinski definition) is 4. The second kappa shape index (κ2) is 8.21. The lowest BCUT2D eigenvalue weighted by atomic mass is 9.82. The summed E-state index contributed by atoms with van der Waals surface area (Å²) in [7, 11) is 0. The normalized spacial score (nSPS) is 23.3. The minimum atomic E-state index is -0.725. The summed E-state index contributed by atoms with van der Waals surface area (Å²) in [5.41, 5.74) is 1.08. The molecule has 1 N–H and O–H groups in total. The van der Waals surface area contributed by atoms with Crippen LogP contribution in [0.15, 0.2) is 48.7 Å². The molecule has 2 atom stereocenters. The number of carboxylic acids is 1. The molecule has 5 nitrogen and oxygen atoms in total. The Bertz CT molecular complexity index is 799. The summed E-state index contributed by atoms with van der Waals surface area (Å²) in [4.78, 5) is 15.7. The van der Waals surface area contributed by atoms with Gasteiger partial charge in [-0.2, -0.15) is 0 Å².